The molecule has 1 atom stereocenters. The summed E-state index contributed by atoms with van der Waals surface area (Å²) in [5, 5.41) is 11.3. The van der Waals surface area contributed by atoms with E-state index in [1.165, 1.54) is 0 Å². The zero-order valence-electron chi connectivity index (χ0n) is 12.0. The summed E-state index contributed by atoms with van der Waals surface area (Å²) in [6.07, 6.45) is 4.30. The molecule has 1 aliphatic rings. The molecule has 110 valence electrons. The van der Waals surface area contributed by atoms with Crippen molar-refractivity contribution in [2.45, 2.75) is 32.2 Å². The van der Waals surface area contributed by atoms with Gasteiger partial charge in [0.1, 0.15) is 11.9 Å². The lowest BCUT2D eigenvalue weighted by Crippen LogP contribution is -2.45. The standard InChI is InChI=1S/C16H19N3O2/c1-10-8-12-11(13(17)9-10)5-6-18-15(12)19-7-3-2-4-14(19)16(20)21/h5-6,8-9,14H,2-4,7,17H2,1H3,(H,20,21). The minimum absolute atomic E-state index is 0.501. The van der Waals surface area contributed by atoms with Crippen LogP contribution in [0.2, 0.25) is 0 Å². The van der Waals surface area contributed by atoms with Gasteiger partial charge in [-0.05, 0) is 49.9 Å². The molecule has 0 spiro atoms. The number of nitrogens with two attached hydrogens (primary N) is 1. The number of hydrogen-bond donors (Lipinski definition) is 2. The molecule has 1 aromatic heterocycles. The van der Waals surface area contributed by atoms with Gasteiger partial charge in [-0.15, -0.1) is 0 Å². The fourth-order valence-corrected chi connectivity index (χ4v) is 3.12. The summed E-state index contributed by atoms with van der Waals surface area (Å²) in [6.45, 7) is 2.70. The van der Waals surface area contributed by atoms with Crippen molar-refractivity contribution in [3.63, 3.8) is 0 Å². The largest absolute Gasteiger partial charge is 0.480 e. The summed E-state index contributed by atoms with van der Waals surface area (Å²) < 4.78 is 0. The Morgan fingerprint density at radius 1 is 1.38 bits per heavy atom. The first-order valence-corrected chi connectivity index (χ1v) is 7.22. The number of aliphatic carboxylic acids is 1. The van der Waals surface area contributed by atoms with E-state index in [1.54, 1.807) is 6.20 Å². The van der Waals surface area contributed by atoms with Crippen LogP contribution in [0.4, 0.5) is 11.5 Å². The molecule has 0 saturated carbocycles. The van der Waals surface area contributed by atoms with Crippen LogP contribution in [0.5, 0.6) is 0 Å². The number of benzene rings is 1. The third-order valence-electron chi connectivity index (χ3n) is 4.10. The van der Waals surface area contributed by atoms with Gasteiger partial charge in [0, 0.05) is 29.2 Å². The smallest absolute Gasteiger partial charge is 0.326 e. The van der Waals surface area contributed by atoms with E-state index in [0.29, 0.717) is 12.1 Å². The molecule has 5 nitrogen and oxygen atoms in total. The fourth-order valence-electron chi connectivity index (χ4n) is 3.12. The Bertz CT molecular complexity index is 699. The minimum atomic E-state index is -0.783. The highest BCUT2D eigenvalue weighted by Gasteiger charge is 2.30. The Morgan fingerprint density at radius 3 is 2.95 bits per heavy atom. The van der Waals surface area contributed by atoms with Gasteiger partial charge in [-0.25, -0.2) is 9.78 Å². The van der Waals surface area contributed by atoms with Crippen LogP contribution in [-0.2, 0) is 4.79 Å². The second kappa shape index (κ2) is 5.24. The molecule has 1 unspecified atom stereocenters. The topological polar surface area (TPSA) is 79.5 Å². The predicted molar refractivity (Wildman–Crippen MR) is 83.5 cm³/mol. The number of rotatable bonds is 2. The number of carbonyl (C=O) groups is 1. The number of aromatic nitrogens is 1. The number of hydrogen-bond acceptors (Lipinski definition) is 4. The molecule has 5 heteroatoms. The Labute approximate surface area is 123 Å². The fraction of sp³-hybridized carbons (Fsp3) is 0.375. The summed E-state index contributed by atoms with van der Waals surface area (Å²) in [5.74, 6) is -0.0517. The lowest BCUT2D eigenvalue weighted by atomic mass is 10.0. The van der Waals surface area contributed by atoms with E-state index >= 15 is 0 Å². The van der Waals surface area contributed by atoms with E-state index in [2.05, 4.69) is 4.98 Å². The molecular formula is C16H19N3O2. The number of fused-ring (bicyclic) bond motifs is 1. The molecule has 1 fully saturated rings. The van der Waals surface area contributed by atoms with Crippen molar-refractivity contribution < 1.29 is 9.90 Å². The maximum Gasteiger partial charge on any atom is 0.326 e. The Balaban J connectivity index is 2.17. The number of nitrogen functional groups attached to an aromatic ring is 1. The third-order valence-corrected chi connectivity index (χ3v) is 4.10. The number of nitrogens with zero attached hydrogens (tertiary/aromatic N) is 2. The van der Waals surface area contributed by atoms with Gasteiger partial charge in [-0.1, -0.05) is 0 Å². The summed E-state index contributed by atoms with van der Waals surface area (Å²) in [5.41, 5.74) is 7.85. The minimum Gasteiger partial charge on any atom is -0.480 e. The first-order valence-electron chi connectivity index (χ1n) is 7.22. The molecule has 0 aliphatic carbocycles. The lowest BCUT2D eigenvalue weighted by molar-refractivity contribution is -0.139. The summed E-state index contributed by atoms with van der Waals surface area (Å²) in [6, 6.07) is 5.34. The van der Waals surface area contributed by atoms with Gasteiger partial charge in [-0.2, -0.15) is 0 Å². The van der Waals surface area contributed by atoms with Crippen molar-refractivity contribution >= 4 is 28.2 Å². The van der Waals surface area contributed by atoms with Crippen LogP contribution in [0.25, 0.3) is 10.8 Å². The van der Waals surface area contributed by atoms with Crippen LogP contribution in [0.3, 0.4) is 0 Å². The number of anilines is 2. The summed E-state index contributed by atoms with van der Waals surface area (Å²) in [7, 11) is 0. The van der Waals surface area contributed by atoms with Crippen molar-refractivity contribution in [2.24, 2.45) is 0 Å². The van der Waals surface area contributed by atoms with Crippen LogP contribution >= 0.6 is 0 Å². The number of piperidine rings is 1. The monoisotopic (exact) mass is 285 g/mol. The van der Waals surface area contributed by atoms with Crippen molar-refractivity contribution in [3.05, 3.63) is 30.0 Å². The zero-order chi connectivity index (χ0) is 15.0. The molecule has 0 amide bonds. The number of aryl methyl sites for hydroxylation is 1. The molecule has 1 aromatic carbocycles. The van der Waals surface area contributed by atoms with Crippen LogP contribution in [0, 0.1) is 6.92 Å². The van der Waals surface area contributed by atoms with E-state index in [0.717, 1.165) is 41.5 Å². The van der Waals surface area contributed by atoms with Crippen molar-refractivity contribution in [1.29, 1.82) is 0 Å². The highest BCUT2D eigenvalue weighted by Crippen LogP contribution is 2.33. The summed E-state index contributed by atoms with van der Waals surface area (Å²) >= 11 is 0. The normalized spacial score (nSPS) is 18.9. The highest BCUT2D eigenvalue weighted by molar-refractivity contribution is 6.00. The maximum atomic E-state index is 11.5. The van der Waals surface area contributed by atoms with Gasteiger partial charge in [-0.3, -0.25) is 0 Å². The highest BCUT2D eigenvalue weighted by atomic mass is 16.4. The Kier molecular flexibility index (Phi) is 3.41. The summed E-state index contributed by atoms with van der Waals surface area (Å²) in [4.78, 5) is 17.9. The van der Waals surface area contributed by atoms with Crippen LogP contribution < -0.4 is 10.6 Å². The van der Waals surface area contributed by atoms with Gasteiger partial charge < -0.3 is 15.7 Å². The van der Waals surface area contributed by atoms with E-state index in [1.807, 2.05) is 30.0 Å². The van der Waals surface area contributed by atoms with Crippen molar-refractivity contribution in [2.75, 3.05) is 17.2 Å². The van der Waals surface area contributed by atoms with Crippen molar-refractivity contribution in [1.82, 2.24) is 4.98 Å². The SMILES string of the molecule is Cc1cc(N)c2ccnc(N3CCCCC3C(=O)O)c2c1. The van der Waals surface area contributed by atoms with Crippen LogP contribution in [0.1, 0.15) is 24.8 Å². The second-order valence-corrected chi connectivity index (χ2v) is 5.63. The lowest BCUT2D eigenvalue weighted by Gasteiger charge is -2.34. The number of carboxylic acids is 1. The molecule has 2 aromatic rings. The van der Waals surface area contributed by atoms with E-state index in [9.17, 15) is 9.90 Å². The van der Waals surface area contributed by atoms with Gasteiger partial charge >= 0.3 is 5.97 Å². The average molecular weight is 285 g/mol. The zero-order valence-corrected chi connectivity index (χ0v) is 12.0. The van der Waals surface area contributed by atoms with E-state index in [-0.39, 0.29) is 0 Å². The number of pyridine rings is 1. The van der Waals surface area contributed by atoms with E-state index < -0.39 is 12.0 Å². The molecule has 0 bridgehead atoms. The third kappa shape index (κ3) is 2.39. The molecule has 2 heterocycles. The second-order valence-electron chi connectivity index (χ2n) is 5.63. The molecule has 21 heavy (non-hydrogen) atoms. The van der Waals surface area contributed by atoms with Gasteiger partial charge in [0.25, 0.3) is 0 Å². The van der Waals surface area contributed by atoms with E-state index in [4.69, 9.17) is 5.73 Å². The quantitative estimate of drug-likeness (QED) is 0.829. The molecule has 1 saturated heterocycles. The first-order chi connectivity index (χ1) is 10.1. The maximum absolute atomic E-state index is 11.5. The number of carboxylic acid groups (broad SMARTS) is 1. The molecule has 3 N–H and O–H groups in total. The first kappa shape index (κ1) is 13.7. The van der Waals surface area contributed by atoms with Gasteiger partial charge in [0.2, 0.25) is 0 Å². The Hall–Kier alpha value is -2.30. The molecule has 1 aliphatic heterocycles. The van der Waals surface area contributed by atoms with Crippen molar-refractivity contribution in [3.8, 4) is 0 Å². The average Bonchev–Trinajstić information content (AvgIpc) is 2.46. The molecule has 3 rings (SSSR count). The van der Waals surface area contributed by atoms with Gasteiger partial charge in [0.15, 0.2) is 0 Å². The molecular weight excluding hydrogens is 266 g/mol. The Morgan fingerprint density at radius 2 is 2.19 bits per heavy atom. The predicted octanol–water partition coefficient (Wildman–Crippen LogP) is 2.57. The van der Waals surface area contributed by atoms with Crippen LogP contribution in [0.15, 0.2) is 24.4 Å². The van der Waals surface area contributed by atoms with Gasteiger partial charge in [0.05, 0.1) is 0 Å². The van der Waals surface area contributed by atoms with Crippen LogP contribution in [-0.4, -0.2) is 28.6 Å². The molecule has 0 radical (unpaired) electrons.